The molecule has 0 aliphatic rings. The van der Waals surface area contributed by atoms with Crippen molar-refractivity contribution < 1.29 is 22.4 Å². The Morgan fingerprint density at radius 1 is 1.15 bits per heavy atom. The molecular formula is C18H17NO5S2. The van der Waals surface area contributed by atoms with Gasteiger partial charge in [-0.15, -0.1) is 11.3 Å². The molecule has 6 nitrogen and oxygen atoms in total. The summed E-state index contributed by atoms with van der Waals surface area (Å²) in [6.07, 6.45) is 1.44. The van der Waals surface area contributed by atoms with Crippen molar-refractivity contribution in [2.24, 2.45) is 0 Å². The zero-order valence-electron chi connectivity index (χ0n) is 14.0. The van der Waals surface area contributed by atoms with Gasteiger partial charge in [-0.25, -0.2) is 13.1 Å². The minimum atomic E-state index is -3.74. The number of para-hydroxylation sites is 1. The predicted octanol–water partition coefficient (Wildman–Crippen LogP) is 3.45. The lowest BCUT2D eigenvalue weighted by molar-refractivity contribution is 0.101. The van der Waals surface area contributed by atoms with Crippen LogP contribution in [-0.2, 0) is 16.6 Å². The molecular weight excluding hydrogens is 374 g/mol. The number of furan rings is 1. The average Bonchev–Trinajstić information content (AvgIpc) is 3.32. The van der Waals surface area contributed by atoms with Gasteiger partial charge in [0.1, 0.15) is 10.6 Å². The Bertz CT molecular complexity index is 990. The number of benzene rings is 1. The summed E-state index contributed by atoms with van der Waals surface area (Å²) in [7, 11) is -3.74. The number of hydrogen-bond donors (Lipinski definition) is 1. The maximum Gasteiger partial charge on any atom is 0.244 e. The molecule has 26 heavy (non-hydrogen) atoms. The second-order valence-corrected chi connectivity index (χ2v) is 8.18. The number of thiophene rings is 1. The third-order valence-electron chi connectivity index (χ3n) is 3.51. The van der Waals surface area contributed by atoms with Gasteiger partial charge in [-0.3, -0.25) is 4.79 Å². The van der Waals surface area contributed by atoms with Gasteiger partial charge in [0, 0.05) is 11.4 Å². The van der Waals surface area contributed by atoms with Gasteiger partial charge in [-0.2, -0.15) is 0 Å². The van der Waals surface area contributed by atoms with Crippen molar-refractivity contribution in [3.8, 4) is 5.75 Å². The summed E-state index contributed by atoms with van der Waals surface area (Å²) in [5.74, 6) is 0.336. The SMILES string of the molecule is CCOc1ccccc1S(=O)(=O)NCc1ccc(C(=O)c2ccco2)s1. The fourth-order valence-electron chi connectivity index (χ4n) is 2.31. The van der Waals surface area contributed by atoms with Crippen molar-refractivity contribution in [2.45, 2.75) is 18.4 Å². The lowest BCUT2D eigenvalue weighted by Crippen LogP contribution is -2.23. The van der Waals surface area contributed by atoms with E-state index in [4.69, 9.17) is 9.15 Å². The second-order valence-electron chi connectivity index (χ2n) is 5.28. The summed E-state index contributed by atoms with van der Waals surface area (Å²) >= 11 is 1.22. The van der Waals surface area contributed by atoms with E-state index in [9.17, 15) is 13.2 Å². The quantitative estimate of drug-likeness (QED) is 0.595. The molecule has 1 N–H and O–H groups in total. The highest BCUT2D eigenvalue weighted by atomic mass is 32.2. The largest absolute Gasteiger partial charge is 0.492 e. The van der Waals surface area contributed by atoms with Crippen LogP contribution in [0.1, 0.15) is 27.2 Å². The Balaban J connectivity index is 1.72. The van der Waals surface area contributed by atoms with Gasteiger partial charge < -0.3 is 9.15 Å². The summed E-state index contributed by atoms with van der Waals surface area (Å²) in [6, 6.07) is 13.1. The minimum absolute atomic E-state index is 0.0822. The molecule has 3 aromatic rings. The fourth-order valence-corrected chi connectivity index (χ4v) is 4.45. The molecule has 0 unspecified atom stereocenters. The first-order valence-corrected chi connectivity index (χ1v) is 10.2. The topological polar surface area (TPSA) is 85.6 Å². The van der Waals surface area contributed by atoms with Gasteiger partial charge in [0.25, 0.3) is 0 Å². The van der Waals surface area contributed by atoms with E-state index in [1.807, 2.05) is 0 Å². The van der Waals surface area contributed by atoms with Crippen LogP contribution in [0.5, 0.6) is 5.75 Å². The smallest absolute Gasteiger partial charge is 0.244 e. The molecule has 0 aliphatic heterocycles. The Morgan fingerprint density at radius 2 is 1.96 bits per heavy atom. The van der Waals surface area contributed by atoms with Crippen LogP contribution in [0.25, 0.3) is 0 Å². The summed E-state index contributed by atoms with van der Waals surface area (Å²) in [5, 5.41) is 0. The predicted molar refractivity (Wildman–Crippen MR) is 98.1 cm³/mol. The molecule has 0 radical (unpaired) electrons. The van der Waals surface area contributed by atoms with E-state index in [1.165, 1.54) is 23.7 Å². The summed E-state index contributed by atoms with van der Waals surface area (Å²) in [4.78, 5) is 13.5. The van der Waals surface area contributed by atoms with Crippen molar-refractivity contribution in [1.82, 2.24) is 4.72 Å². The molecule has 0 saturated carbocycles. The van der Waals surface area contributed by atoms with Crippen molar-refractivity contribution in [1.29, 1.82) is 0 Å². The van der Waals surface area contributed by atoms with E-state index >= 15 is 0 Å². The average molecular weight is 391 g/mol. The van der Waals surface area contributed by atoms with Gasteiger partial charge in [-0.05, 0) is 43.3 Å². The summed E-state index contributed by atoms with van der Waals surface area (Å²) < 4.78 is 38.1. The Labute approximate surface area is 155 Å². The van der Waals surface area contributed by atoms with Crippen LogP contribution in [0.2, 0.25) is 0 Å². The Morgan fingerprint density at radius 3 is 2.69 bits per heavy atom. The first kappa shape index (κ1) is 18.4. The van der Waals surface area contributed by atoms with Crippen LogP contribution in [-0.4, -0.2) is 20.8 Å². The fraction of sp³-hybridized carbons (Fsp3) is 0.167. The van der Waals surface area contributed by atoms with E-state index in [0.717, 1.165) is 4.88 Å². The third-order valence-corrected chi connectivity index (χ3v) is 6.03. The van der Waals surface area contributed by atoms with E-state index in [1.54, 1.807) is 49.4 Å². The number of rotatable bonds is 8. The Hall–Kier alpha value is -2.42. The lowest BCUT2D eigenvalue weighted by atomic mass is 10.2. The molecule has 3 rings (SSSR count). The number of sulfonamides is 1. The number of hydrogen-bond acceptors (Lipinski definition) is 6. The van der Waals surface area contributed by atoms with Crippen molar-refractivity contribution >= 4 is 27.1 Å². The molecule has 0 aliphatic carbocycles. The number of ketones is 1. The third kappa shape index (κ3) is 4.04. The second kappa shape index (κ2) is 7.86. The molecule has 0 spiro atoms. The first-order chi connectivity index (χ1) is 12.5. The maximum absolute atomic E-state index is 12.6. The van der Waals surface area contributed by atoms with Gasteiger partial charge in [0.2, 0.25) is 15.8 Å². The molecule has 2 aromatic heterocycles. The molecule has 0 fully saturated rings. The van der Waals surface area contributed by atoms with Gasteiger partial charge in [-0.1, -0.05) is 12.1 Å². The highest BCUT2D eigenvalue weighted by molar-refractivity contribution is 7.89. The van der Waals surface area contributed by atoms with E-state index in [2.05, 4.69) is 4.72 Å². The molecule has 8 heteroatoms. The number of ether oxygens (including phenoxy) is 1. The Kier molecular flexibility index (Phi) is 5.55. The molecule has 0 saturated heterocycles. The van der Waals surface area contributed by atoms with E-state index in [-0.39, 0.29) is 23.0 Å². The molecule has 0 atom stereocenters. The van der Waals surface area contributed by atoms with Crippen LogP contribution in [0.3, 0.4) is 0 Å². The van der Waals surface area contributed by atoms with Gasteiger partial charge in [0.05, 0.1) is 17.7 Å². The molecule has 136 valence electrons. The highest BCUT2D eigenvalue weighted by Gasteiger charge is 2.20. The van der Waals surface area contributed by atoms with Crippen molar-refractivity contribution in [3.05, 3.63) is 70.3 Å². The maximum atomic E-state index is 12.6. The first-order valence-electron chi connectivity index (χ1n) is 7.89. The van der Waals surface area contributed by atoms with E-state index < -0.39 is 10.0 Å². The number of nitrogens with one attached hydrogen (secondary N) is 1. The van der Waals surface area contributed by atoms with Crippen LogP contribution < -0.4 is 9.46 Å². The van der Waals surface area contributed by atoms with Gasteiger partial charge in [0.15, 0.2) is 5.76 Å². The normalized spacial score (nSPS) is 11.4. The molecule has 0 bridgehead atoms. The molecule has 0 amide bonds. The minimum Gasteiger partial charge on any atom is -0.492 e. The molecule has 2 heterocycles. The zero-order valence-corrected chi connectivity index (χ0v) is 15.6. The van der Waals surface area contributed by atoms with Crippen LogP contribution >= 0.6 is 11.3 Å². The standard InChI is InChI=1S/C18H17NO5S2/c1-2-23-14-6-3-4-8-17(14)26(21,22)19-12-13-9-10-16(25-13)18(20)15-7-5-11-24-15/h3-11,19H,2,12H2,1H3. The zero-order chi connectivity index (χ0) is 18.6. The summed E-state index contributed by atoms with van der Waals surface area (Å²) in [6.45, 7) is 2.24. The van der Waals surface area contributed by atoms with Crippen LogP contribution in [0.4, 0.5) is 0 Å². The van der Waals surface area contributed by atoms with Gasteiger partial charge >= 0.3 is 0 Å². The highest BCUT2D eigenvalue weighted by Crippen LogP contribution is 2.24. The van der Waals surface area contributed by atoms with Crippen molar-refractivity contribution in [3.63, 3.8) is 0 Å². The summed E-state index contributed by atoms with van der Waals surface area (Å²) in [5.41, 5.74) is 0. The number of carbonyl (C=O) groups excluding carboxylic acids is 1. The molecule has 1 aromatic carbocycles. The van der Waals surface area contributed by atoms with Crippen molar-refractivity contribution in [2.75, 3.05) is 6.61 Å². The number of carbonyl (C=O) groups is 1. The van der Waals surface area contributed by atoms with Crippen LogP contribution in [0, 0.1) is 0 Å². The van der Waals surface area contributed by atoms with E-state index in [0.29, 0.717) is 17.2 Å². The lowest BCUT2D eigenvalue weighted by Gasteiger charge is -2.11. The van der Waals surface area contributed by atoms with Crippen LogP contribution in [0.15, 0.2) is 64.1 Å². The monoisotopic (exact) mass is 391 g/mol.